The molecule has 0 aliphatic carbocycles. The normalized spacial score (nSPS) is 9.57. The molecule has 0 unspecified atom stereocenters. The molecular formula is C20H28O2Zr. The van der Waals surface area contributed by atoms with Crippen LogP contribution in [0, 0.1) is 0 Å². The maximum absolute atomic E-state index is 9.33. The van der Waals surface area contributed by atoms with Crippen molar-refractivity contribution in [3.05, 3.63) is 58.7 Å². The van der Waals surface area contributed by atoms with Crippen molar-refractivity contribution in [3.63, 3.8) is 0 Å². The van der Waals surface area contributed by atoms with Crippen molar-refractivity contribution in [1.29, 1.82) is 0 Å². The summed E-state index contributed by atoms with van der Waals surface area (Å²) in [6, 6.07) is 11.6. The van der Waals surface area contributed by atoms with Crippen molar-refractivity contribution in [3.8, 4) is 11.5 Å². The van der Waals surface area contributed by atoms with Gasteiger partial charge in [0, 0.05) is 26.2 Å². The summed E-state index contributed by atoms with van der Waals surface area (Å²) in [6.45, 7) is 8.33. The first-order chi connectivity index (χ1) is 10.5. The third-order valence-corrected chi connectivity index (χ3v) is 3.87. The molecule has 0 aliphatic heterocycles. The molecule has 0 heterocycles. The molecule has 0 saturated carbocycles. The Balaban J connectivity index is 0.000000403. The summed E-state index contributed by atoms with van der Waals surface area (Å²) in [4.78, 5) is 0. The van der Waals surface area contributed by atoms with Gasteiger partial charge >= 0.3 is 0 Å². The molecule has 2 aromatic rings. The van der Waals surface area contributed by atoms with Gasteiger partial charge in [0.05, 0.1) is 0 Å². The molecule has 2 nitrogen and oxygen atoms in total. The number of aromatic hydroxyl groups is 2. The zero-order valence-electron chi connectivity index (χ0n) is 14.7. The Morgan fingerprint density at radius 1 is 0.609 bits per heavy atom. The van der Waals surface area contributed by atoms with Crippen molar-refractivity contribution in [1.82, 2.24) is 0 Å². The molecule has 2 rings (SSSR count). The summed E-state index contributed by atoms with van der Waals surface area (Å²) in [5.74, 6) is 0.842. The standard InChI is InChI=1S/2C10H14O.Zr/c2*1-3-8-5-6-10(11)9(4-2)7-8;/h2*5-7,11H,3-4H2,1-2H3;. The second kappa shape index (κ2) is 11.5. The van der Waals surface area contributed by atoms with Gasteiger partial charge in [0.15, 0.2) is 0 Å². The minimum absolute atomic E-state index is 0. The van der Waals surface area contributed by atoms with Gasteiger partial charge in [-0.25, -0.2) is 0 Å². The second-order valence-electron chi connectivity index (χ2n) is 5.34. The van der Waals surface area contributed by atoms with Crippen LogP contribution < -0.4 is 0 Å². The molecule has 0 aliphatic rings. The molecule has 0 fully saturated rings. The van der Waals surface area contributed by atoms with E-state index in [0.29, 0.717) is 11.5 Å². The fraction of sp³-hybridized carbons (Fsp3) is 0.400. The Hall–Kier alpha value is -1.08. The molecule has 0 bridgehead atoms. The average molecular weight is 392 g/mol. The average Bonchev–Trinajstić information content (AvgIpc) is 2.56. The van der Waals surface area contributed by atoms with Gasteiger partial charge in [-0.05, 0) is 60.1 Å². The van der Waals surface area contributed by atoms with E-state index < -0.39 is 0 Å². The maximum atomic E-state index is 9.33. The summed E-state index contributed by atoms with van der Waals surface area (Å²) in [7, 11) is 0. The van der Waals surface area contributed by atoms with E-state index in [-0.39, 0.29) is 26.2 Å². The summed E-state index contributed by atoms with van der Waals surface area (Å²) in [5.41, 5.74) is 4.67. The van der Waals surface area contributed by atoms with Crippen LogP contribution in [0.4, 0.5) is 0 Å². The zero-order valence-corrected chi connectivity index (χ0v) is 17.1. The van der Waals surface area contributed by atoms with Gasteiger partial charge in [0.2, 0.25) is 0 Å². The van der Waals surface area contributed by atoms with Crippen LogP contribution in [-0.4, -0.2) is 10.2 Å². The molecule has 23 heavy (non-hydrogen) atoms. The molecule has 0 spiro atoms. The van der Waals surface area contributed by atoms with E-state index in [1.54, 1.807) is 12.1 Å². The van der Waals surface area contributed by atoms with Crippen molar-refractivity contribution >= 4 is 0 Å². The van der Waals surface area contributed by atoms with Crippen molar-refractivity contribution < 1.29 is 36.4 Å². The van der Waals surface area contributed by atoms with E-state index in [1.165, 1.54) is 11.1 Å². The summed E-state index contributed by atoms with van der Waals surface area (Å²) < 4.78 is 0. The molecular weight excluding hydrogens is 363 g/mol. The monoisotopic (exact) mass is 390 g/mol. The first-order valence-corrected chi connectivity index (χ1v) is 8.17. The number of hydrogen-bond donors (Lipinski definition) is 2. The Labute approximate surface area is 159 Å². The van der Waals surface area contributed by atoms with Crippen molar-refractivity contribution in [2.75, 3.05) is 0 Å². The first kappa shape index (κ1) is 21.9. The van der Waals surface area contributed by atoms with Gasteiger partial charge < -0.3 is 10.2 Å². The number of benzene rings is 2. The minimum Gasteiger partial charge on any atom is -0.508 e. The molecule has 3 heteroatoms. The predicted molar refractivity (Wildman–Crippen MR) is 93.7 cm³/mol. The SMILES string of the molecule is CCc1ccc(O)c(CC)c1.CCc1ccc(O)c(CC)c1.[Zr]. The summed E-state index contributed by atoms with van der Waals surface area (Å²) in [5, 5.41) is 18.7. The fourth-order valence-corrected chi connectivity index (χ4v) is 2.28. The summed E-state index contributed by atoms with van der Waals surface area (Å²) in [6.07, 6.45) is 3.87. The minimum atomic E-state index is 0. The van der Waals surface area contributed by atoms with Gasteiger partial charge in [-0.15, -0.1) is 0 Å². The number of hydrogen-bond acceptors (Lipinski definition) is 2. The van der Waals surface area contributed by atoms with Crippen LogP contribution in [0.3, 0.4) is 0 Å². The Morgan fingerprint density at radius 2 is 0.957 bits per heavy atom. The Bertz CT molecular complexity index is 541. The molecule has 0 amide bonds. The first-order valence-electron chi connectivity index (χ1n) is 8.17. The third kappa shape index (κ3) is 6.91. The smallest absolute Gasteiger partial charge is 0.118 e. The molecule has 2 aromatic carbocycles. The quantitative estimate of drug-likeness (QED) is 0.767. The van der Waals surface area contributed by atoms with E-state index in [2.05, 4.69) is 39.8 Å². The fourth-order valence-electron chi connectivity index (χ4n) is 2.28. The van der Waals surface area contributed by atoms with E-state index in [0.717, 1.165) is 36.8 Å². The molecule has 0 saturated heterocycles. The number of rotatable bonds is 4. The van der Waals surface area contributed by atoms with Crippen LogP contribution in [0.5, 0.6) is 11.5 Å². The topological polar surface area (TPSA) is 40.5 Å². The van der Waals surface area contributed by atoms with Gasteiger partial charge in [-0.2, -0.15) is 0 Å². The molecule has 2 N–H and O–H groups in total. The van der Waals surface area contributed by atoms with Crippen LogP contribution >= 0.6 is 0 Å². The summed E-state index contributed by atoms with van der Waals surface area (Å²) >= 11 is 0. The molecule has 0 aromatic heterocycles. The van der Waals surface area contributed by atoms with Crippen LogP contribution in [0.25, 0.3) is 0 Å². The van der Waals surface area contributed by atoms with Crippen molar-refractivity contribution in [2.45, 2.75) is 53.4 Å². The number of phenols is 2. The Kier molecular flexibility index (Phi) is 10.9. The third-order valence-electron chi connectivity index (χ3n) is 3.87. The second-order valence-corrected chi connectivity index (χ2v) is 5.34. The largest absolute Gasteiger partial charge is 0.508 e. The van der Waals surface area contributed by atoms with E-state index in [4.69, 9.17) is 0 Å². The van der Waals surface area contributed by atoms with Crippen LogP contribution in [-0.2, 0) is 51.9 Å². The number of aryl methyl sites for hydroxylation is 4. The van der Waals surface area contributed by atoms with Gasteiger partial charge in [-0.1, -0.05) is 52.0 Å². The van der Waals surface area contributed by atoms with E-state index in [1.807, 2.05) is 12.1 Å². The maximum Gasteiger partial charge on any atom is 0.118 e. The molecule has 0 atom stereocenters. The zero-order chi connectivity index (χ0) is 16.5. The van der Waals surface area contributed by atoms with Crippen LogP contribution in [0.1, 0.15) is 49.9 Å². The van der Waals surface area contributed by atoms with Crippen LogP contribution in [0.15, 0.2) is 36.4 Å². The van der Waals surface area contributed by atoms with Crippen LogP contribution in [0.2, 0.25) is 0 Å². The molecule has 124 valence electrons. The Morgan fingerprint density at radius 3 is 1.22 bits per heavy atom. The molecule has 0 radical (unpaired) electrons. The predicted octanol–water partition coefficient (Wildman–Crippen LogP) is 5.03. The van der Waals surface area contributed by atoms with Crippen molar-refractivity contribution in [2.24, 2.45) is 0 Å². The van der Waals surface area contributed by atoms with Gasteiger partial charge in [-0.3, -0.25) is 0 Å². The van der Waals surface area contributed by atoms with E-state index in [9.17, 15) is 10.2 Å². The van der Waals surface area contributed by atoms with E-state index >= 15 is 0 Å². The van der Waals surface area contributed by atoms with Gasteiger partial charge in [0.25, 0.3) is 0 Å². The number of phenolic OH excluding ortho intramolecular Hbond substituents is 2. The van der Waals surface area contributed by atoms with Gasteiger partial charge in [0.1, 0.15) is 11.5 Å².